The average Bonchev–Trinajstić information content (AvgIpc) is 3.34. The first kappa shape index (κ1) is 21.3. The van der Waals surface area contributed by atoms with E-state index in [1.807, 2.05) is 4.90 Å². The summed E-state index contributed by atoms with van der Waals surface area (Å²) in [7, 11) is 4.23. The highest BCUT2D eigenvalue weighted by molar-refractivity contribution is 6.39. The van der Waals surface area contributed by atoms with Gasteiger partial charge in [-0.05, 0) is 44.0 Å². The minimum absolute atomic E-state index is 0.0757. The van der Waals surface area contributed by atoms with Crippen LogP contribution < -0.4 is 0 Å². The molecule has 1 atom stereocenters. The van der Waals surface area contributed by atoms with Crippen LogP contribution in [0.2, 0.25) is 0 Å². The molecule has 2 saturated heterocycles. The number of carbonyl (C=O) groups is 1. The van der Waals surface area contributed by atoms with Crippen LogP contribution in [0.3, 0.4) is 0 Å². The molecule has 1 unspecified atom stereocenters. The molecule has 2 fully saturated rings. The first-order valence-electron chi connectivity index (χ1n) is 11.4. The van der Waals surface area contributed by atoms with E-state index in [4.69, 9.17) is 4.84 Å². The molecule has 6 heteroatoms. The van der Waals surface area contributed by atoms with Gasteiger partial charge < -0.3 is 14.6 Å². The lowest BCUT2D eigenvalue weighted by Gasteiger charge is -2.35. The first-order chi connectivity index (χ1) is 14.3. The van der Waals surface area contributed by atoms with Crippen LogP contribution >= 0.6 is 0 Å². The number of carbonyl (C=O) groups excluding carboxylic acids is 1. The lowest BCUT2D eigenvalue weighted by atomic mass is 9.95. The second-order valence-corrected chi connectivity index (χ2v) is 9.83. The number of hydrogen-bond donors (Lipinski definition) is 0. The van der Waals surface area contributed by atoms with Crippen LogP contribution in [0.25, 0.3) is 0 Å². The average molecular weight is 413 g/mol. The smallest absolute Gasteiger partial charge is 0.271 e. The summed E-state index contributed by atoms with van der Waals surface area (Å²) in [5.74, 6) is 0.634. The van der Waals surface area contributed by atoms with Crippen molar-refractivity contribution in [2.75, 3.05) is 40.3 Å². The van der Waals surface area contributed by atoms with Gasteiger partial charge in [0.15, 0.2) is 5.60 Å². The Balaban J connectivity index is 1.29. The number of oxime groups is 1. The standard InChI is InChI=1S/C24H36N4O2/c1-18(2)20-7-5-19(6-8-20)16-27-14-11-24(17-27)15-22(25-30-24)23(29)28-12-9-21(10-13-28)26(3)4/h5-8,18,21H,9-17H2,1-4H3. The molecule has 1 aromatic carbocycles. The van der Waals surface area contributed by atoms with E-state index in [0.717, 1.165) is 52.0 Å². The van der Waals surface area contributed by atoms with Gasteiger partial charge in [0, 0.05) is 51.6 Å². The summed E-state index contributed by atoms with van der Waals surface area (Å²) in [6.45, 7) is 8.81. The monoisotopic (exact) mass is 412 g/mol. The fourth-order valence-corrected chi connectivity index (χ4v) is 4.95. The molecule has 30 heavy (non-hydrogen) atoms. The molecule has 0 aliphatic carbocycles. The summed E-state index contributed by atoms with van der Waals surface area (Å²) < 4.78 is 0. The van der Waals surface area contributed by atoms with Gasteiger partial charge in [0.05, 0.1) is 0 Å². The summed E-state index contributed by atoms with van der Waals surface area (Å²) in [6, 6.07) is 9.51. The van der Waals surface area contributed by atoms with Crippen molar-refractivity contribution in [3.63, 3.8) is 0 Å². The Labute approximate surface area is 180 Å². The molecule has 0 bridgehead atoms. The Kier molecular flexibility index (Phi) is 6.16. The number of rotatable bonds is 5. The third kappa shape index (κ3) is 4.54. The second kappa shape index (κ2) is 8.67. The predicted octanol–water partition coefficient (Wildman–Crippen LogP) is 3.08. The van der Waals surface area contributed by atoms with Crippen molar-refractivity contribution in [3.8, 4) is 0 Å². The molecular weight excluding hydrogens is 376 g/mol. The topological polar surface area (TPSA) is 48.4 Å². The van der Waals surface area contributed by atoms with Crippen LogP contribution in [0.4, 0.5) is 0 Å². The van der Waals surface area contributed by atoms with Crippen molar-refractivity contribution in [2.24, 2.45) is 5.16 Å². The van der Waals surface area contributed by atoms with E-state index in [9.17, 15) is 4.79 Å². The summed E-state index contributed by atoms with van der Waals surface area (Å²) in [5, 5.41) is 4.26. The van der Waals surface area contributed by atoms with Gasteiger partial charge >= 0.3 is 0 Å². The van der Waals surface area contributed by atoms with Crippen LogP contribution in [0.15, 0.2) is 29.4 Å². The van der Waals surface area contributed by atoms with Gasteiger partial charge in [-0.3, -0.25) is 9.69 Å². The minimum atomic E-state index is -0.315. The van der Waals surface area contributed by atoms with Gasteiger partial charge in [-0.1, -0.05) is 43.3 Å². The van der Waals surface area contributed by atoms with E-state index >= 15 is 0 Å². The first-order valence-corrected chi connectivity index (χ1v) is 11.4. The zero-order valence-corrected chi connectivity index (χ0v) is 18.9. The van der Waals surface area contributed by atoms with Crippen molar-refractivity contribution in [3.05, 3.63) is 35.4 Å². The van der Waals surface area contributed by atoms with Crippen molar-refractivity contribution in [1.82, 2.24) is 14.7 Å². The van der Waals surface area contributed by atoms with Gasteiger partial charge in [-0.25, -0.2) is 0 Å². The number of likely N-dealkylation sites (tertiary alicyclic amines) is 2. The maximum Gasteiger partial charge on any atom is 0.271 e. The van der Waals surface area contributed by atoms with Crippen LogP contribution in [-0.2, 0) is 16.2 Å². The van der Waals surface area contributed by atoms with E-state index in [1.54, 1.807) is 0 Å². The SMILES string of the molecule is CC(C)c1ccc(CN2CCC3(CC(C(=O)N4CCC(N(C)C)CC4)=NO3)C2)cc1. The van der Waals surface area contributed by atoms with Crippen LogP contribution in [-0.4, -0.2) is 78.2 Å². The summed E-state index contributed by atoms with van der Waals surface area (Å²) >= 11 is 0. The van der Waals surface area contributed by atoms with Gasteiger partial charge in [0.1, 0.15) is 5.71 Å². The van der Waals surface area contributed by atoms with Crippen LogP contribution in [0, 0.1) is 0 Å². The highest BCUT2D eigenvalue weighted by atomic mass is 16.7. The maximum atomic E-state index is 13.0. The Bertz CT molecular complexity index is 781. The lowest BCUT2D eigenvalue weighted by molar-refractivity contribution is -0.125. The lowest BCUT2D eigenvalue weighted by Crippen LogP contribution is -2.47. The minimum Gasteiger partial charge on any atom is -0.387 e. The third-order valence-corrected chi connectivity index (χ3v) is 7.02. The van der Waals surface area contributed by atoms with E-state index in [1.165, 1.54) is 11.1 Å². The van der Waals surface area contributed by atoms with E-state index in [2.05, 4.69) is 67.2 Å². The number of piperidine rings is 1. The number of hydrogen-bond acceptors (Lipinski definition) is 5. The van der Waals surface area contributed by atoms with Gasteiger partial charge in [0.2, 0.25) is 0 Å². The molecule has 0 radical (unpaired) electrons. The largest absolute Gasteiger partial charge is 0.387 e. The zero-order chi connectivity index (χ0) is 21.3. The Hall–Kier alpha value is -1.92. The molecular formula is C24H36N4O2. The van der Waals surface area contributed by atoms with Crippen LogP contribution in [0.1, 0.15) is 56.6 Å². The zero-order valence-electron chi connectivity index (χ0n) is 18.9. The Morgan fingerprint density at radius 3 is 2.53 bits per heavy atom. The Morgan fingerprint density at radius 2 is 1.90 bits per heavy atom. The van der Waals surface area contributed by atoms with Gasteiger partial charge in [0.25, 0.3) is 5.91 Å². The molecule has 164 valence electrons. The second-order valence-electron chi connectivity index (χ2n) is 9.83. The normalized spacial score (nSPS) is 25.4. The molecule has 6 nitrogen and oxygen atoms in total. The predicted molar refractivity (Wildman–Crippen MR) is 120 cm³/mol. The maximum absolute atomic E-state index is 13.0. The van der Waals surface area contributed by atoms with Crippen molar-refractivity contribution in [2.45, 2.75) is 63.6 Å². The Morgan fingerprint density at radius 1 is 1.20 bits per heavy atom. The molecule has 1 spiro atoms. The van der Waals surface area contributed by atoms with Gasteiger partial charge in [-0.2, -0.15) is 0 Å². The number of nitrogens with zero attached hydrogens (tertiary/aromatic N) is 4. The summed E-state index contributed by atoms with van der Waals surface area (Å²) in [6.07, 6.45) is 3.63. The molecule has 0 saturated carbocycles. The molecule has 3 heterocycles. The van der Waals surface area contributed by atoms with Crippen molar-refractivity contribution >= 4 is 11.6 Å². The molecule has 1 amide bonds. The third-order valence-electron chi connectivity index (χ3n) is 7.02. The van der Waals surface area contributed by atoms with Crippen molar-refractivity contribution in [1.29, 1.82) is 0 Å². The molecule has 3 aliphatic rings. The highest BCUT2D eigenvalue weighted by Gasteiger charge is 2.47. The molecule has 0 aromatic heterocycles. The van der Waals surface area contributed by atoms with E-state index < -0.39 is 0 Å². The quantitative estimate of drug-likeness (QED) is 0.746. The fraction of sp³-hybridized carbons (Fsp3) is 0.667. The fourth-order valence-electron chi connectivity index (χ4n) is 4.95. The van der Waals surface area contributed by atoms with E-state index in [0.29, 0.717) is 24.1 Å². The summed E-state index contributed by atoms with van der Waals surface area (Å²) in [5.41, 5.74) is 3.00. The molecule has 3 aliphatic heterocycles. The number of benzene rings is 1. The molecule has 1 aromatic rings. The highest BCUT2D eigenvalue weighted by Crippen LogP contribution is 2.35. The number of amides is 1. The molecule has 4 rings (SSSR count). The van der Waals surface area contributed by atoms with E-state index in [-0.39, 0.29) is 11.5 Å². The van der Waals surface area contributed by atoms with Crippen LogP contribution in [0.5, 0.6) is 0 Å². The van der Waals surface area contributed by atoms with Gasteiger partial charge in [-0.15, -0.1) is 0 Å². The summed E-state index contributed by atoms with van der Waals surface area (Å²) in [4.78, 5) is 25.5. The van der Waals surface area contributed by atoms with Crippen molar-refractivity contribution < 1.29 is 9.63 Å². The molecule has 0 N–H and O–H groups in total.